The molecule has 0 amide bonds. The number of aliphatic carboxylic acids is 3. The summed E-state index contributed by atoms with van der Waals surface area (Å²) in [6.07, 6.45) is -2.98. The fourth-order valence-electron chi connectivity index (χ4n) is 3.34. The zero-order valence-corrected chi connectivity index (χ0v) is 21.0. The van der Waals surface area contributed by atoms with Crippen molar-refractivity contribution in [2.45, 2.75) is 38.4 Å². The number of anilines is 1. The van der Waals surface area contributed by atoms with Gasteiger partial charge in [-0.25, -0.2) is 4.79 Å². The zero-order valence-electron chi connectivity index (χ0n) is 20.2. The van der Waals surface area contributed by atoms with Crippen LogP contribution in [-0.4, -0.2) is 80.1 Å². The third kappa shape index (κ3) is 10.2. The van der Waals surface area contributed by atoms with Gasteiger partial charge in [0.1, 0.15) is 6.10 Å². The van der Waals surface area contributed by atoms with Gasteiger partial charge in [0.2, 0.25) is 0 Å². The van der Waals surface area contributed by atoms with Crippen LogP contribution in [0.1, 0.15) is 43.9 Å². The highest BCUT2D eigenvalue weighted by molar-refractivity contribution is 6.30. The van der Waals surface area contributed by atoms with Gasteiger partial charge in [0.25, 0.3) is 0 Å². The van der Waals surface area contributed by atoms with E-state index in [0.717, 1.165) is 43.0 Å². The summed E-state index contributed by atoms with van der Waals surface area (Å²) in [6, 6.07) is 15.3. The lowest BCUT2D eigenvalue weighted by Gasteiger charge is -2.21. The number of benzene rings is 2. The van der Waals surface area contributed by atoms with Gasteiger partial charge in [-0.05, 0) is 36.9 Å². The van der Waals surface area contributed by atoms with E-state index in [4.69, 9.17) is 32.0 Å². The lowest BCUT2D eigenvalue weighted by molar-refractivity contribution is -0.170. The summed E-state index contributed by atoms with van der Waals surface area (Å²) < 4.78 is 0. The van der Waals surface area contributed by atoms with Crippen molar-refractivity contribution in [3.8, 4) is 0 Å². The second-order valence-electron chi connectivity index (χ2n) is 7.98. The molecule has 36 heavy (non-hydrogen) atoms. The Morgan fingerprint density at radius 3 is 2.00 bits per heavy atom. The molecular formula is C25H33ClN2O8. The lowest BCUT2D eigenvalue weighted by atomic mass is 9.96. The minimum atomic E-state index is -2.74. The normalized spacial score (nSPS) is 11.8. The van der Waals surface area contributed by atoms with Crippen molar-refractivity contribution < 1.29 is 39.9 Å². The Morgan fingerprint density at radius 2 is 1.53 bits per heavy atom. The molecule has 0 spiro atoms. The number of carboxylic acids is 3. The minimum Gasteiger partial charge on any atom is -0.481 e. The Morgan fingerprint density at radius 1 is 0.972 bits per heavy atom. The predicted octanol–water partition coefficient (Wildman–Crippen LogP) is 2.93. The number of rotatable bonds is 13. The molecule has 0 aromatic heterocycles. The zero-order chi connectivity index (χ0) is 27.3. The van der Waals surface area contributed by atoms with E-state index in [0.29, 0.717) is 5.02 Å². The average molecular weight is 525 g/mol. The summed E-state index contributed by atoms with van der Waals surface area (Å²) >= 11 is 6.13. The van der Waals surface area contributed by atoms with E-state index < -0.39 is 42.5 Å². The first-order chi connectivity index (χ1) is 16.9. The first-order valence-electron chi connectivity index (χ1n) is 11.3. The number of likely N-dealkylation sites (N-methyl/N-ethyl adjacent to an activating group) is 1. The highest BCUT2D eigenvalue weighted by Gasteiger charge is 2.40. The third-order valence-corrected chi connectivity index (χ3v) is 5.58. The molecule has 10 nitrogen and oxygen atoms in total. The minimum absolute atomic E-state index is 0.629. The predicted molar refractivity (Wildman–Crippen MR) is 135 cm³/mol. The Bertz CT molecular complexity index is 983. The van der Waals surface area contributed by atoms with Crippen LogP contribution in [0.2, 0.25) is 5.02 Å². The van der Waals surface area contributed by atoms with Crippen LogP contribution in [0.25, 0.3) is 0 Å². The van der Waals surface area contributed by atoms with E-state index >= 15 is 0 Å². The van der Waals surface area contributed by atoms with E-state index in [1.807, 2.05) is 48.5 Å². The van der Waals surface area contributed by atoms with Gasteiger partial charge in [-0.2, -0.15) is 0 Å². The second kappa shape index (κ2) is 15.0. The van der Waals surface area contributed by atoms with Crippen LogP contribution in [0.15, 0.2) is 48.5 Å². The number of hydrogen-bond donors (Lipinski definition) is 6. The van der Waals surface area contributed by atoms with Gasteiger partial charge in [-0.3, -0.25) is 9.59 Å². The molecular weight excluding hydrogens is 492 g/mol. The van der Waals surface area contributed by atoms with Crippen molar-refractivity contribution in [3.63, 3.8) is 0 Å². The molecule has 0 aliphatic rings. The summed E-state index contributed by atoms with van der Waals surface area (Å²) in [5.41, 5.74) is -0.139. The van der Waals surface area contributed by atoms with Gasteiger partial charge in [0.05, 0.1) is 12.8 Å². The highest BCUT2D eigenvalue weighted by Crippen LogP contribution is 2.30. The topological polar surface area (TPSA) is 168 Å². The number of nitrogens with one attached hydrogen (secondary N) is 1. The van der Waals surface area contributed by atoms with E-state index in [9.17, 15) is 19.5 Å². The summed E-state index contributed by atoms with van der Waals surface area (Å²) in [5, 5.41) is 48.6. The maximum Gasteiger partial charge on any atom is 0.336 e. The van der Waals surface area contributed by atoms with Crippen LogP contribution < -0.4 is 5.32 Å². The quantitative estimate of drug-likeness (QED) is 0.229. The van der Waals surface area contributed by atoms with Crippen molar-refractivity contribution in [2.24, 2.45) is 0 Å². The lowest BCUT2D eigenvalue weighted by Crippen LogP contribution is -2.42. The molecule has 0 bridgehead atoms. The third-order valence-electron chi connectivity index (χ3n) is 5.35. The molecule has 0 aliphatic heterocycles. The largest absolute Gasteiger partial charge is 0.481 e. The number of aliphatic hydroxyl groups is 2. The first-order valence-corrected chi connectivity index (χ1v) is 11.7. The van der Waals surface area contributed by atoms with Gasteiger partial charge in [-0.1, -0.05) is 55.8 Å². The van der Waals surface area contributed by atoms with Crippen LogP contribution in [0.3, 0.4) is 0 Å². The van der Waals surface area contributed by atoms with Gasteiger partial charge in [0, 0.05) is 29.4 Å². The van der Waals surface area contributed by atoms with Crippen LogP contribution >= 0.6 is 11.6 Å². The number of carboxylic acid groups (broad SMARTS) is 3. The fraction of sp³-hybridized carbons (Fsp3) is 0.400. The van der Waals surface area contributed by atoms with Crippen molar-refractivity contribution in [2.75, 3.05) is 31.5 Å². The maximum absolute atomic E-state index is 10.7. The number of aliphatic hydroxyl groups excluding tert-OH is 1. The molecule has 2 rings (SSSR count). The maximum atomic E-state index is 10.7. The average Bonchev–Trinajstić information content (AvgIpc) is 2.82. The van der Waals surface area contributed by atoms with E-state index in [1.165, 1.54) is 0 Å². The van der Waals surface area contributed by atoms with Crippen LogP contribution in [0, 0.1) is 0 Å². The van der Waals surface area contributed by atoms with Gasteiger partial charge in [0.15, 0.2) is 5.60 Å². The van der Waals surface area contributed by atoms with Crippen molar-refractivity contribution >= 4 is 35.2 Å². The molecule has 2 aromatic rings. The number of carbonyl (C=O) groups is 3. The van der Waals surface area contributed by atoms with Crippen LogP contribution in [0.4, 0.5) is 5.69 Å². The molecule has 0 aliphatic carbocycles. The molecule has 6 N–H and O–H groups in total. The molecule has 0 heterocycles. The van der Waals surface area contributed by atoms with Crippen molar-refractivity contribution in [1.82, 2.24) is 4.90 Å². The summed E-state index contributed by atoms with van der Waals surface area (Å²) in [5.74, 6) is -5.02. The number of hydrogen-bond acceptors (Lipinski definition) is 7. The molecule has 0 saturated carbocycles. The van der Waals surface area contributed by atoms with Crippen LogP contribution in [0.5, 0.6) is 0 Å². The molecule has 2 aromatic carbocycles. The molecule has 1 atom stereocenters. The van der Waals surface area contributed by atoms with E-state index in [-0.39, 0.29) is 0 Å². The van der Waals surface area contributed by atoms with E-state index in [2.05, 4.69) is 24.1 Å². The summed E-state index contributed by atoms with van der Waals surface area (Å²) in [4.78, 5) is 32.8. The Hall–Kier alpha value is -3.18. The van der Waals surface area contributed by atoms with Gasteiger partial charge in [-0.15, -0.1) is 0 Å². The highest BCUT2D eigenvalue weighted by atomic mass is 35.5. The molecule has 198 valence electrons. The molecule has 0 radical (unpaired) electrons. The number of nitrogens with zero attached hydrogens (tertiary/aromatic N) is 1. The second-order valence-corrected chi connectivity index (χ2v) is 8.41. The van der Waals surface area contributed by atoms with Crippen molar-refractivity contribution in [3.05, 3.63) is 64.7 Å². The Kier molecular flexibility index (Phi) is 12.9. The SMILES string of the molecule is CCN(CC)CCNc1ccc(Cl)cc1C(O)c1ccccc1.O=C(O)CC(O)(CC(=O)O)C(=O)O. The summed E-state index contributed by atoms with van der Waals surface area (Å²) in [7, 11) is 0. The Labute approximate surface area is 214 Å². The Balaban J connectivity index is 0.000000426. The van der Waals surface area contributed by atoms with Gasteiger partial charge >= 0.3 is 17.9 Å². The molecule has 1 unspecified atom stereocenters. The molecule has 11 heteroatoms. The van der Waals surface area contributed by atoms with E-state index in [1.54, 1.807) is 0 Å². The monoisotopic (exact) mass is 524 g/mol. The summed E-state index contributed by atoms with van der Waals surface area (Å²) in [6.45, 7) is 8.21. The smallest absolute Gasteiger partial charge is 0.336 e. The van der Waals surface area contributed by atoms with Crippen molar-refractivity contribution in [1.29, 1.82) is 0 Å². The first kappa shape index (κ1) is 30.9. The molecule has 0 saturated heterocycles. The fourth-order valence-corrected chi connectivity index (χ4v) is 3.52. The van der Waals surface area contributed by atoms with Gasteiger partial charge < -0.3 is 35.7 Å². The van der Waals surface area contributed by atoms with Crippen LogP contribution in [-0.2, 0) is 14.4 Å². The standard InChI is InChI=1S/C19H25ClN2O.C6H8O7/c1-3-22(4-2)13-12-21-18-11-10-16(20)14-17(18)19(23)15-8-6-5-7-9-15;7-3(8)1-6(13,5(11)12)2-4(9)10/h5-11,14,19,21,23H,3-4,12-13H2,1-2H3;13H,1-2H2,(H,7,8)(H,9,10)(H,11,12). The number of halogens is 1. The molecule has 0 fully saturated rings.